The van der Waals surface area contributed by atoms with Crippen LogP contribution in [0.25, 0.3) is 11.5 Å². The molecule has 11 heteroatoms. The van der Waals surface area contributed by atoms with Crippen molar-refractivity contribution >= 4 is 29.1 Å². The fraction of sp³-hybridized carbons (Fsp3) is 0.375. The molecule has 3 aromatic rings. The van der Waals surface area contributed by atoms with Crippen molar-refractivity contribution in [1.29, 1.82) is 0 Å². The molecule has 3 saturated carbocycles. The first-order chi connectivity index (χ1) is 16.7. The standard InChI is InChI=1S/C24H21Cl2F2N3O4/c25-15-3-1-13(9-17(15)27)21-30-31-22(35-21)23-5-7-24(8-6-23,19(32)11-23)29-20(33)12-34-14-2-4-16(26)18(28)10-14/h1-4,9-10,19,32H,5-8,11-12H2,(H,29,33)/t19-,23?,24?/m0/s1. The van der Waals surface area contributed by atoms with E-state index in [-0.39, 0.29) is 28.3 Å². The van der Waals surface area contributed by atoms with Crippen molar-refractivity contribution < 1.29 is 27.8 Å². The van der Waals surface area contributed by atoms with Gasteiger partial charge in [0.15, 0.2) is 6.61 Å². The van der Waals surface area contributed by atoms with Crippen LogP contribution in [0.15, 0.2) is 40.8 Å². The van der Waals surface area contributed by atoms with Gasteiger partial charge < -0.3 is 19.6 Å². The Morgan fingerprint density at radius 2 is 1.77 bits per heavy atom. The molecule has 2 aromatic carbocycles. The number of aliphatic hydroxyl groups is 1. The molecule has 3 fully saturated rings. The monoisotopic (exact) mass is 523 g/mol. The molecular formula is C24H21Cl2F2N3O4. The van der Waals surface area contributed by atoms with Crippen LogP contribution in [0.1, 0.15) is 38.0 Å². The van der Waals surface area contributed by atoms with E-state index >= 15 is 0 Å². The van der Waals surface area contributed by atoms with E-state index in [1.54, 1.807) is 6.07 Å². The van der Waals surface area contributed by atoms with Crippen LogP contribution in [0.2, 0.25) is 10.0 Å². The van der Waals surface area contributed by atoms with Gasteiger partial charge in [-0.3, -0.25) is 4.79 Å². The minimum atomic E-state index is -0.842. The lowest BCUT2D eigenvalue weighted by Crippen LogP contribution is -2.66. The normalized spacial score (nSPS) is 25.5. The molecule has 2 N–H and O–H groups in total. The number of nitrogens with one attached hydrogen (secondary N) is 1. The van der Waals surface area contributed by atoms with Crippen LogP contribution in [-0.2, 0) is 10.2 Å². The number of nitrogens with zero attached hydrogens (tertiary/aromatic N) is 2. The van der Waals surface area contributed by atoms with Crippen molar-refractivity contribution in [2.75, 3.05) is 6.61 Å². The molecule has 0 spiro atoms. The fourth-order valence-corrected chi connectivity index (χ4v) is 5.23. The van der Waals surface area contributed by atoms with Crippen molar-refractivity contribution in [3.63, 3.8) is 0 Å². The smallest absolute Gasteiger partial charge is 0.258 e. The summed E-state index contributed by atoms with van der Waals surface area (Å²) >= 11 is 11.4. The highest BCUT2D eigenvalue weighted by atomic mass is 35.5. The Hall–Kier alpha value is -2.75. The van der Waals surface area contributed by atoms with Gasteiger partial charge in [-0.1, -0.05) is 23.2 Å². The largest absolute Gasteiger partial charge is 0.484 e. The van der Waals surface area contributed by atoms with Crippen LogP contribution < -0.4 is 10.1 Å². The maximum atomic E-state index is 13.8. The van der Waals surface area contributed by atoms with E-state index in [0.717, 1.165) is 6.07 Å². The highest BCUT2D eigenvalue weighted by Crippen LogP contribution is 2.53. The second kappa shape index (κ2) is 9.04. The van der Waals surface area contributed by atoms with Gasteiger partial charge in [0.2, 0.25) is 11.8 Å². The van der Waals surface area contributed by atoms with Gasteiger partial charge in [0.1, 0.15) is 17.4 Å². The third-order valence-electron chi connectivity index (χ3n) is 7.02. The number of carbonyl (C=O) groups is 1. The number of hydrogen-bond donors (Lipinski definition) is 2. The summed E-state index contributed by atoms with van der Waals surface area (Å²) in [5.74, 6) is -0.906. The Labute approximate surface area is 209 Å². The predicted octanol–water partition coefficient (Wildman–Crippen LogP) is 4.83. The van der Waals surface area contributed by atoms with E-state index in [0.29, 0.717) is 43.6 Å². The zero-order valence-electron chi connectivity index (χ0n) is 18.4. The minimum Gasteiger partial charge on any atom is -0.484 e. The predicted molar refractivity (Wildman–Crippen MR) is 123 cm³/mol. The maximum Gasteiger partial charge on any atom is 0.258 e. The third kappa shape index (κ3) is 4.48. The number of halogens is 4. The summed E-state index contributed by atoms with van der Waals surface area (Å²) in [5, 5.41) is 22.1. The molecule has 0 radical (unpaired) electrons. The van der Waals surface area contributed by atoms with Crippen molar-refractivity contribution in [2.45, 2.75) is 49.2 Å². The van der Waals surface area contributed by atoms with Crippen LogP contribution in [-0.4, -0.2) is 39.5 Å². The molecule has 1 amide bonds. The van der Waals surface area contributed by atoms with E-state index in [9.17, 15) is 18.7 Å². The van der Waals surface area contributed by atoms with Crippen molar-refractivity contribution in [1.82, 2.24) is 15.5 Å². The highest BCUT2D eigenvalue weighted by molar-refractivity contribution is 6.31. The van der Waals surface area contributed by atoms with Crippen LogP contribution in [0.3, 0.4) is 0 Å². The molecule has 0 unspecified atom stereocenters. The maximum absolute atomic E-state index is 13.8. The van der Waals surface area contributed by atoms with Crippen LogP contribution in [0.4, 0.5) is 8.78 Å². The zero-order chi connectivity index (χ0) is 24.8. The SMILES string of the molecule is O=C(COc1ccc(Cl)c(F)c1)NC12CCC(c3nnc(-c4ccc(Cl)c(F)c4)o3)(CC1)C[C@@H]2O. The van der Waals surface area contributed by atoms with Crippen LogP contribution in [0, 0.1) is 11.6 Å². The number of carbonyl (C=O) groups excluding carboxylic acids is 1. The van der Waals surface area contributed by atoms with Crippen molar-refractivity contribution in [2.24, 2.45) is 0 Å². The molecule has 1 aromatic heterocycles. The molecule has 7 nitrogen and oxygen atoms in total. The number of amides is 1. The Morgan fingerprint density at radius 1 is 1.09 bits per heavy atom. The van der Waals surface area contributed by atoms with Crippen molar-refractivity contribution in [3.8, 4) is 17.2 Å². The van der Waals surface area contributed by atoms with E-state index < -0.39 is 34.6 Å². The lowest BCUT2D eigenvalue weighted by Gasteiger charge is -2.54. The van der Waals surface area contributed by atoms with Gasteiger partial charge >= 0.3 is 0 Å². The van der Waals surface area contributed by atoms with Crippen molar-refractivity contribution in [3.05, 3.63) is 64.0 Å². The molecular weight excluding hydrogens is 503 g/mol. The first kappa shape index (κ1) is 24.0. The van der Waals surface area contributed by atoms with E-state index in [2.05, 4.69) is 15.5 Å². The molecule has 3 aliphatic carbocycles. The molecule has 1 atom stereocenters. The Kier molecular flexibility index (Phi) is 6.19. The first-order valence-corrected chi connectivity index (χ1v) is 11.8. The number of fused-ring (bicyclic) bond motifs is 3. The second-order valence-corrected chi connectivity index (χ2v) is 9.92. The highest BCUT2D eigenvalue weighted by Gasteiger charge is 2.57. The molecule has 184 valence electrons. The van der Waals surface area contributed by atoms with E-state index in [1.807, 2.05) is 0 Å². The molecule has 1 heterocycles. The topological polar surface area (TPSA) is 97.5 Å². The molecule has 35 heavy (non-hydrogen) atoms. The summed E-state index contributed by atoms with van der Waals surface area (Å²) < 4.78 is 38.7. The number of benzene rings is 2. The summed E-state index contributed by atoms with van der Waals surface area (Å²) in [6.45, 7) is -0.328. The quantitative estimate of drug-likeness (QED) is 0.480. The van der Waals surface area contributed by atoms with E-state index in [1.165, 1.54) is 24.3 Å². The number of aliphatic hydroxyl groups excluding tert-OH is 1. The van der Waals surface area contributed by atoms with Gasteiger partial charge in [-0.25, -0.2) is 8.78 Å². The Bertz CT molecular complexity index is 1280. The Morgan fingerprint density at radius 3 is 2.43 bits per heavy atom. The number of rotatable bonds is 6. The first-order valence-electron chi connectivity index (χ1n) is 11.1. The van der Waals surface area contributed by atoms with Crippen LogP contribution >= 0.6 is 23.2 Å². The lowest BCUT2D eigenvalue weighted by molar-refractivity contribution is -0.132. The number of hydrogen-bond acceptors (Lipinski definition) is 6. The molecule has 0 saturated heterocycles. The molecule has 0 aliphatic heterocycles. The summed E-state index contributed by atoms with van der Waals surface area (Å²) in [5.41, 5.74) is -0.911. The Balaban J connectivity index is 1.24. The third-order valence-corrected chi connectivity index (χ3v) is 7.63. The van der Waals surface area contributed by atoms with Crippen LogP contribution in [0.5, 0.6) is 5.75 Å². The summed E-state index contributed by atoms with van der Waals surface area (Å²) in [6, 6.07) is 8.17. The van der Waals surface area contributed by atoms with Gasteiger partial charge in [-0.05, 0) is 62.4 Å². The van der Waals surface area contributed by atoms with Gasteiger partial charge in [-0.15, -0.1) is 10.2 Å². The van der Waals surface area contributed by atoms with Gasteiger partial charge in [0.05, 0.1) is 27.1 Å². The number of aromatic nitrogens is 2. The molecule has 2 bridgehead atoms. The molecule has 3 aliphatic rings. The fourth-order valence-electron chi connectivity index (χ4n) is 5.00. The summed E-state index contributed by atoms with van der Waals surface area (Å²) in [7, 11) is 0. The summed E-state index contributed by atoms with van der Waals surface area (Å²) in [4.78, 5) is 12.6. The van der Waals surface area contributed by atoms with Gasteiger partial charge in [0.25, 0.3) is 5.91 Å². The summed E-state index contributed by atoms with van der Waals surface area (Å²) in [6.07, 6.45) is 1.72. The number of ether oxygens (including phenoxy) is 1. The van der Waals surface area contributed by atoms with Gasteiger partial charge in [0, 0.05) is 11.6 Å². The van der Waals surface area contributed by atoms with Gasteiger partial charge in [-0.2, -0.15) is 0 Å². The average molecular weight is 524 g/mol. The van der Waals surface area contributed by atoms with E-state index in [4.69, 9.17) is 32.4 Å². The minimum absolute atomic E-state index is 0.00103. The lowest BCUT2D eigenvalue weighted by atomic mass is 9.55. The zero-order valence-corrected chi connectivity index (χ0v) is 19.9. The molecule has 6 rings (SSSR count). The average Bonchev–Trinajstić information content (AvgIpc) is 3.34. The second-order valence-electron chi connectivity index (χ2n) is 9.11.